The lowest BCUT2D eigenvalue weighted by molar-refractivity contribution is -0.138. The second kappa shape index (κ2) is 6.00. The van der Waals surface area contributed by atoms with Crippen LogP contribution in [0.4, 0.5) is 0 Å². The molecule has 5 heteroatoms. The third-order valence-corrected chi connectivity index (χ3v) is 3.01. The monoisotopic (exact) mass is 242 g/mol. The first kappa shape index (κ1) is 14.0. The Balaban J connectivity index is 2.25. The summed E-state index contributed by atoms with van der Waals surface area (Å²) < 4.78 is 0. The van der Waals surface area contributed by atoms with Crippen molar-refractivity contribution in [1.29, 1.82) is 0 Å². The van der Waals surface area contributed by atoms with Gasteiger partial charge in [0.2, 0.25) is 5.91 Å². The van der Waals surface area contributed by atoms with Gasteiger partial charge in [0.05, 0.1) is 6.42 Å². The number of carbonyl (C=O) groups excluding carboxylic acids is 1. The molecule has 1 amide bonds. The van der Waals surface area contributed by atoms with Crippen LogP contribution in [0.3, 0.4) is 0 Å². The van der Waals surface area contributed by atoms with Crippen LogP contribution in [0.5, 0.6) is 0 Å². The third kappa shape index (κ3) is 5.68. The van der Waals surface area contributed by atoms with E-state index in [-0.39, 0.29) is 12.3 Å². The van der Waals surface area contributed by atoms with Gasteiger partial charge in [0, 0.05) is 12.0 Å². The van der Waals surface area contributed by atoms with Crippen LogP contribution in [0.25, 0.3) is 0 Å². The molecule has 5 nitrogen and oxygen atoms in total. The Labute approximate surface area is 102 Å². The molecule has 1 aliphatic heterocycles. The SMILES string of the molecule is CC(C)(CC(=O)O)NC(=O)CCC1CCNC1. The standard InChI is InChI=1S/C12H22N2O3/c1-12(2,7-11(16)17)14-10(15)4-3-9-5-6-13-8-9/h9,13H,3-8H2,1-2H3,(H,14,15)(H,16,17). The highest BCUT2D eigenvalue weighted by molar-refractivity contribution is 5.78. The minimum absolute atomic E-state index is 0.0519. The highest BCUT2D eigenvalue weighted by Gasteiger charge is 2.24. The first-order chi connectivity index (χ1) is 7.89. The summed E-state index contributed by atoms with van der Waals surface area (Å²) in [6.07, 6.45) is 2.44. The molecule has 98 valence electrons. The molecule has 0 saturated carbocycles. The van der Waals surface area contributed by atoms with E-state index in [1.165, 1.54) is 0 Å². The van der Waals surface area contributed by atoms with Crippen molar-refractivity contribution in [3.05, 3.63) is 0 Å². The minimum atomic E-state index is -0.893. The van der Waals surface area contributed by atoms with Gasteiger partial charge in [0.1, 0.15) is 0 Å². The Hall–Kier alpha value is -1.10. The second-order valence-corrected chi connectivity index (χ2v) is 5.40. The number of nitrogens with one attached hydrogen (secondary N) is 2. The largest absolute Gasteiger partial charge is 0.481 e. The quantitative estimate of drug-likeness (QED) is 0.642. The van der Waals surface area contributed by atoms with Gasteiger partial charge in [-0.1, -0.05) is 0 Å². The molecule has 1 aliphatic rings. The molecule has 0 radical (unpaired) electrons. The molecule has 1 fully saturated rings. The van der Waals surface area contributed by atoms with Crippen molar-refractivity contribution < 1.29 is 14.7 Å². The van der Waals surface area contributed by atoms with Crippen LogP contribution in [-0.4, -0.2) is 35.6 Å². The topological polar surface area (TPSA) is 78.4 Å². The summed E-state index contributed by atoms with van der Waals surface area (Å²) in [5.74, 6) is -0.359. The van der Waals surface area contributed by atoms with Gasteiger partial charge in [-0.3, -0.25) is 9.59 Å². The molecule has 0 aromatic heterocycles. The summed E-state index contributed by atoms with van der Waals surface area (Å²) in [4.78, 5) is 22.3. The van der Waals surface area contributed by atoms with Gasteiger partial charge in [0.15, 0.2) is 0 Å². The van der Waals surface area contributed by atoms with Gasteiger partial charge < -0.3 is 15.7 Å². The number of carboxylic acids is 1. The van der Waals surface area contributed by atoms with Crippen molar-refractivity contribution in [3.8, 4) is 0 Å². The minimum Gasteiger partial charge on any atom is -0.481 e. The fraction of sp³-hybridized carbons (Fsp3) is 0.833. The van der Waals surface area contributed by atoms with Crippen LogP contribution in [0.2, 0.25) is 0 Å². The van der Waals surface area contributed by atoms with Crippen molar-refractivity contribution in [3.63, 3.8) is 0 Å². The van der Waals surface area contributed by atoms with Crippen molar-refractivity contribution in [1.82, 2.24) is 10.6 Å². The van der Waals surface area contributed by atoms with Crippen LogP contribution < -0.4 is 10.6 Å². The molecule has 0 aromatic carbocycles. The maximum absolute atomic E-state index is 11.7. The molecular weight excluding hydrogens is 220 g/mol. The molecule has 0 spiro atoms. The van der Waals surface area contributed by atoms with E-state index in [1.54, 1.807) is 13.8 Å². The van der Waals surface area contributed by atoms with E-state index in [4.69, 9.17) is 5.11 Å². The van der Waals surface area contributed by atoms with Crippen molar-refractivity contribution in [2.75, 3.05) is 13.1 Å². The zero-order valence-corrected chi connectivity index (χ0v) is 10.6. The first-order valence-electron chi connectivity index (χ1n) is 6.12. The Morgan fingerprint density at radius 2 is 2.18 bits per heavy atom. The molecule has 1 rings (SSSR count). The molecule has 3 N–H and O–H groups in total. The van der Waals surface area contributed by atoms with Crippen LogP contribution >= 0.6 is 0 Å². The molecule has 1 saturated heterocycles. The zero-order valence-electron chi connectivity index (χ0n) is 10.6. The maximum atomic E-state index is 11.7. The number of hydrogen-bond donors (Lipinski definition) is 3. The predicted octanol–water partition coefficient (Wildman–Crippen LogP) is 0.746. The Morgan fingerprint density at radius 3 is 2.71 bits per heavy atom. The smallest absolute Gasteiger partial charge is 0.305 e. The Kier molecular flexibility index (Phi) is 4.93. The summed E-state index contributed by atoms with van der Waals surface area (Å²) in [5.41, 5.74) is -0.670. The van der Waals surface area contributed by atoms with Crippen LogP contribution in [0, 0.1) is 5.92 Å². The van der Waals surface area contributed by atoms with Gasteiger partial charge in [-0.2, -0.15) is 0 Å². The number of amides is 1. The molecule has 1 unspecified atom stereocenters. The van der Waals surface area contributed by atoms with Crippen LogP contribution in [-0.2, 0) is 9.59 Å². The number of rotatable bonds is 6. The lowest BCUT2D eigenvalue weighted by Crippen LogP contribution is -2.45. The average Bonchev–Trinajstić information content (AvgIpc) is 2.63. The molecule has 0 aromatic rings. The van der Waals surface area contributed by atoms with E-state index in [0.29, 0.717) is 12.3 Å². The molecule has 1 atom stereocenters. The normalized spacial score (nSPS) is 20.2. The molecule has 17 heavy (non-hydrogen) atoms. The van der Waals surface area contributed by atoms with Crippen LogP contribution in [0.15, 0.2) is 0 Å². The highest BCUT2D eigenvalue weighted by atomic mass is 16.4. The summed E-state index contributed by atoms with van der Waals surface area (Å²) in [6, 6.07) is 0. The Bertz CT molecular complexity index is 283. The van der Waals surface area contributed by atoms with E-state index in [2.05, 4.69) is 10.6 Å². The average molecular weight is 242 g/mol. The summed E-state index contributed by atoms with van der Waals surface area (Å²) in [6.45, 7) is 5.49. The fourth-order valence-electron chi connectivity index (χ4n) is 2.16. The van der Waals surface area contributed by atoms with E-state index < -0.39 is 11.5 Å². The van der Waals surface area contributed by atoms with Gasteiger partial charge in [-0.15, -0.1) is 0 Å². The fourth-order valence-corrected chi connectivity index (χ4v) is 2.16. The zero-order chi connectivity index (χ0) is 12.9. The van der Waals surface area contributed by atoms with E-state index in [1.807, 2.05) is 0 Å². The van der Waals surface area contributed by atoms with Crippen molar-refractivity contribution in [2.45, 2.75) is 45.1 Å². The molecule has 1 heterocycles. The second-order valence-electron chi connectivity index (χ2n) is 5.40. The van der Waals surface area contributed by atoms with Gasteiger partial charge in [-0.05, 0) is 45.7 Å². The Morgan fingerprint density at radius 1 is 1.47 bits per heavy atom. The maximum Gasteiger partial charge on any atom is 0.305 e. The number of aliphatic carboxylic acids is 1. The predicted molar refractivity (Wildman–Crippen MR) is 64.7 cm³/mol. The van der Waals surface area contributed by atoms with Gasteiger partial charge in [0.25, 0.3) is 0 Å². The lowest BCUT2D eigenvalue weighted by Gasteiger charge is -2.24. The number of carboxylic acid groups (broad SMARTS) is 1. The third-order valence-electron chi connectivity index (χ3n) is 3.01. The lowest BCUT2D eigenvalue weighted by atomic mass is 9.99. The van der Waals surface area contributed by atoms with E-state index in [9.17, 15) is 9.59 Å². The highest BCUT2D eigenvalue weighted by Crippen LogP contribution is 2.15. The van der Waals surface area contributed by atoms with Crippen LogP contribution in [0.1, 0.15) is 39.5 Å². The van der Waals surface area contributed by atoms with E-state index >= 15 is 0 Å². The summed E-state index contributed by atoms with van der Waals surface area (Å²) >= 11 is 0. The van der Waals surface area contributed by atoms with Gasteiger partial charge in [-0.25, -0.2) is 0 Å². The molecular formula is C12H22N2O3. The van der Waals surface area contributed by atoms with Crippen molar-refractivity contribution in [2.24, 2.45) is 5.92 Å². The number of carbonyl (C=O) groups is 2. The van der Waals surface area contributed by atoms with E-state index in [0.717, 1.165) is 25.9 Å². The molecule has 0 aliphatic carbocycles. The number of hydrogen-bond acceptors (Lipinski definition) is 3. The summed E-state index contributed by atoms with van der Waals surface area (Å²) in [7, 11) is 0. The van der Waals surface area contributed by atoms with Gasteiger partial charge >= 0.3 is 5.97 Å². The molecule has 0 bridgehead atoms. The summed E-state index contributed by atoms with van der Waals surface area (Å²) in [5, 5.41) is 14.7. The van der Waals surface area contributed by atoms with Crippen molar-refractivity contribution >= 4 is 11.9 Å². The first-order valence-corrected chi connectivity index (χ1v) is 6.12.